The van der Waals surface area contributed by atoms with E-state index in [0.29, 0.717) is 12.2 Å². The van der Waals surface area contributed by atoms with Crippen molar-refractivity contribution in [1.29, 1.82) is 0 Å². The molecule has 128 valence electrons. The number of carbonyl (C=O) groups excluding carboxylic acids is 1. The third kappa shape index (κ3) is 4.35. The number of aromatic nitrogens is 2. The van der Waals surface area contributed by atoms with Gasteiger partial charge >= 0.3 is 0 Å². The minimum Gasteiger partial charge on any atom is -0.369 e. The molecule has 0 aliphatic carbocycles. The van der Waals surface area contributed by atoms with E-state index >= 15 is 0 Å². The smallest absolute Gasteiger partial charge is 0.226 e. The van der Waals surface area contributed by atoms with Crippen molar-refractivity contribution in [3.8, 4) is 0 Å². The second-order valence-corrected chi connectivity index (χ2v) is 6.34. The predicted molar refractivity (Wildman–Crippen MR) is 96.3 cm³/mol. The molecule has 6 heteroatoms. The molecule has 1 aromatic heterocycles. The zero-order valence-electron chi connectivity index (χ0n) is 14.4. The van der Waals surface area contributed by atoms with Gasteiger partial charge in [0.05, 0.1) is 0 Å². The quantitative estimate of drug-likeness (QED) is 0.911. The van der Waals surface area contributed by atoms with Gasteiger partial charge in [0.2, 0.25) is 5.91 Å². The third-order valence-corrected chi connectivity index (χ3v) is 4.38. The number of rotatable bonds is 5. The molecule has 0 bridgehead atoms. The van der Waals surface area contributed by atoms with Gasteiger partial charge in [0, 0.05) is 64.1 Å². The average Bonchev–Trinajstić information content (AvgIpc) is 2.98. The van der Waals surface area contributed by atoms with E-state index in [9.17, 15) is 4.79 Å². The molecule has 2 aromatic rings. The minimum absolute atomic E-state index is 0.0230. The van der Waals surface area contributed by atoms with E-state index < -0.39 is 0 Å². The lowest BCUT2D eigenvalue weighted by molar-refractivity contribution is -0.116. The van der Waals surface area contributed by atoms with Crippen LogP contribution < -0.4 is 10.2 Å². The third-order valence-electron chi connectivity index (χ3n) is 4.38. The molecular weight excluding hydrogens is 302 g/mol. The van der Waals surface area contributed by atoms with Crippen LogP contribution in [0.3, 0.4) is 0 Å². The molecule has 1 aliphatic rings. The molecule has 1 fully saturated rings. The van der Waals surface area contributed by atoms with Crippen LogP contribution in [0.4, 0.5) is 11.5 Å². The number of carbonyl (C=O) groups is 1. The lowest BCUT2D eigenvalue weighted by Gasteiger charge is -2.36. The molecule has 2 heterocycles. The van der Waals surface area contributed by atoms with Crippen LogP contribution in [-0.2, 0) is 11.8 Å². The summed E-state index contributed by atoms with van der Waals surface area (Å²) in [6.07, 6.45) is 2.32. The number of anilines is 2. The topological polar surface area (TPSA) is 53.4 Å². The number of nitrogens with zero attached hydrogens (tertiary/aromatic N) is 4. The number of amides is 1. The van der Waals surface area contributed by atoms with Crippen molar-refractivity contribution in [1.82, 2.24) is 14.7 Å². The molecule has 6 nitrogen and oxygen atoms in total. The van der Waals surface area contributed by atoms with Crippen LogP contribution in [0.15, 0.2) is 36.5 Å². The summed E-state index contributed by atoms with van der Waals surface area (Å²) < 4.78 is 1.68. The summed E-state index contributed by atoms with van der Waals surface area (Å²) in [5, 5.41) is 7.00. The van der Waals surface area contributed by atoms with Crippen LogP contribution >= 0.6 is 0 Å². The molecule has 1 amide bonds. The Morgan fingerprint density at radius 2 is 2.00 bits per heavy atom. The molecule has 0 saturated carbocycles. The number of nitrogens with one attached hydrogen (secondary N) is 1. The van der Waals surface area contributed by atoms with E-state index in [0.717, 1.165) is 32.7 Å². The van der Waals surface area contributed by atoms with E-state index in [2.05, 4.69) is 51.4 Å². The average molecular weight is 327 g/mol. The standard InChI is InChI=1S/C18H25N5O/c1-15-4-3-5-16(14-15)23-12-10-22(11-13-23)9-7-18(24)19-17-6-8-21(2)20-17/h3-6,8,14H,7,9-13H2,1-2H3,(H,19,20,24). The van der Waals surface area contributed by atoms with Crippen LogP contribution in [0.2, 0.25) is 0 Å². The lowest BCUT2D eigenvalue weighted by atomic mass is 10.2. The first-order valence-electron chi connectivity index (χ1n) is 8.43. The maximum absolute atomic E-state index is 12.0. The van der Waals surface area contributed by atoms with Crippen LogP contribution in [0.5, 0.6) is 0 Å². The normalized spacial score (nSPS) is 15.5. The Morgan fingerprint density at radius 3 is 2.67 bits per heavy atom. The van der Waals surface area contributed by atoms with Crippen molar-refractivity contribution in [2.75, 3.05) is 42.9 Å². The van der Waals surface area contributed by atoms with E-state index in [1.807, 2.05) is 13.2 Å². The van der Waals surface area contributed by atoms with Gasteiger partial charge in [-0.05, 0) is 24.6 Å². The monoisotopic (exact) mass is 327 g/mol. The highest BCUT2D eigenvalue weighted by molar-refractivity contribution is 5.89. The highest BCUT2D eigenvalue weighted by Crippen LogP contribution is 2.17. The van der Waals surface area contributed by atoms with Crippen molar-refractivity contribution in [3.05, 3.63) is 42.1 Å². The zero-order chi connectivity index (χ0) is 16.9. The number of piperazine rings is 1. The van der Waals surface area contributed by atoms with Gasteiger partial charge in [-0.15, -0.1) is 0 Å². The molecule has 1 aliphatic heterocycles. The molecule has 1 aromatic carbocycles. The molecule has 1 N–H and O–H groups in total. The lowest BCUT2D eigenvalue weighted by Crippen LogP contribution is -2.47. The summed E-state index contributed by atoms with van der Waals surface area (Å²) >= 11 is 0. The number of hydrogen-bond acceptors (Lipinski definition) is 4. The molecule has 0 spiro atoms. The van der Waals surface area contributed by atoms with Crippen LogP contribution in [-0.4, -0.2) is 53.3 Å². The van der Waals surface area contributed by atoms with E-state index in [-0.39, 0.29) is 5.91 Å². The van der Waals surface area contributed by atoms with Gasteiger partial charge < -0.3 is 10.2 Å². The van der Waals surface area contributed by atoms with Gasteiger partial charge in [-0.25, -0.2) is 0 Å². The zero-order valence-corrected chi connectivity index (χ0v) is 14.4. The SMILES string of the molecule is Cc1cccc(N2CCN(CCC(=O)Nc3ccn(C)n3)CC2)c1. The predicted octanol–water partition coefficient (Wildman–Crippen LogP) is 1.88. The summed E-state index contributed by atoms with van der Waals surface area (Å²) in [5.41, 5.74) is 2.59. The fourth-order valence-corrected chi connectivity index (χ4v) is 3.00. The van der Waals surface area contributed by atoms with Gasteiger partial charge in [0.15, 0.2) is 5.82 Å². The molecule has 0 unspecified atom stereocenters. The molecule has 0 radical (unpaired) electrons. The van der Waals surface area contributed by atoms with Crippen LogP contribution in [0, 0.1) is 6.92 Å². The maximum Gasteiger partial charge on any atom is 0.226 e. The van der Waals surface area contributed by atoms with E-state index in [4.69, 9.17) is 0 Å². The summed E-state index contributed by atoms with van der Waals surface area (Å²) in [5.74, 6) is 0.640. The Hall–Kier alpha value is -2.34. The van der Waals surface area contributed by atoms with Crippen molar-refractivity contribution in [2.24, 2.45) is 7.05 Å². The molecule has 1 saturated heterocycles. The number of benzene rings is 1. The first kappa shape index (κ1) is 16.5. The molecular formula is C18H25N5O. The summed E-state index contributed by atoms with van der Waals surface area (Å²) in [4.78, 5) is 16.8. The molecule has 3 rings (SSSR count). The van der Waals surface area contributed by atoms with Crippen molar-refractivity contribution in [2.45, 2.75) is 13.3 Å². The molecule has 0 atom stereocenters. The summed E-state index contributed by atoms with van der Waals surface area (Å²) in [6, 6.07) is 10.4. The van der Waals surface area contributed by atoms with Crippen molar-refractivity contribution < 1.29 is 4.79 Å². The minimum atomic E-state index is 0.0230. The second kappa shape index (κ2) is 7.49. The first-order chi connectivity index (χ1) is 11.6. The Bertz CT molecular complexity index is 688. The Labute approximate surface area is 143 Å². The van der Waals surface area contributed by atoms with E-state index in [1.165, 1.54) is 11.3 Å². The fraction of sp³-hybridized carbons (Fsp3) is 0.444. The fourth-order valence-electron chi connectivity index (χ4n) is 3.00. The van der Waals surface area contributed by atoms with Gasteiger partial charge in [-0.2, -0.15) is 5.10 Å². The highest BCUT2D eigenvalue weighted by atomic mass is 16.1. The van der Waals surface area contributed by atoms with Crippen molar-refractivity contribution >= 4 is 17.4 Å². The number of aryl methyl sites for hydroxylation is 2. The van der Waals surface area contributed by atoms with Gasteiger partial charge in [-0.1, -0.05) is 12.1 Å². The van der Waals surface area contributed by atoms with Gasteiger partial charge in [0.1, 0.15) is 0 Å². The van der Waals surface area contributed by atoms with Gasteiger partial charge in [0.25, 0.3) is 0 Å². The van der Waals surface area contributed by atoms with E-state index in [1.54, 1.807) is 10.7 Å². The van der Waals surface area contributed by atoms with Crippen LogP contribution in [0.1, 0.15) is 12.0 Å². The summed E-state index contributed by atoms with van der Waals surface area (Å²) in [6.45, 7) is 6.91. The van der Waals surface area contributed by atoms with Crippen molar-refractivity contribution in [3.63, 3.8) is 0 Å². The summed E-state index contributed by atoms with van der Waals surface area (Å²) in [7, 11) is 1.84. The van der Waals surface area contributed by atoms with Gasteiger partial charge in [-0.3, -0.25) is 14.4 Å². The number of hydrogen-bond donors (Lipinski definition) is 1. The highest BCUT2D eigenvalue weighted by Gasteiger charge is 2.18. The maximum atomic E-state index is 12.0. The molecule has 24 heavy (non-hydrogen) atoms. The first-order valence-corrected chi connectivity index (χ1v) is 8.43. The Balaban J connectivity index is 1.41. The Morgan fingerprint density at radius 1 is 1.21 bits per heavy atom. The second-order valence-electron chi connectivity index (χ2n) is 6.34. The Kier molecular flexibility index (Phi) is 5.15. The van der Waals surface area contributed by atoms with Crippen LogP contribution in [0.25, 0.3) is 0 Å². The largest absolute Gasteiger partial charge is 0.369 e.